The quantitative estimate of drug-likeness (QED) is 0.524. The van der Waals surface area contributed by atoms with Gasteiger partial charge < -0.3 is 0 Å². The molecule has 90 valence electrons. The van der Waals surface area contributed by atoms with Crippen LogP contribution in [-0.2, 0) is 0 Å². The third-order valence-electron chi connectivity index (χ3n) is 4.09. The fourth-order valence-corrected chi connectivity index (χ4v) is 3.12. The van der Waals surface area contributed by atoms with E-state index in [1.54, 1.807) is 0 Å². The van der Waals surface area contributed by atoms with Crippen LogP contribution in [0.1, 0.15) is 65.2 Å². The average molecular weight is 212 g/mol. The van der Waals surface area contributed by atoms with Crippen molar-refractivity contribution in [3.05, 3.63) is 0 Å². The van der Waals surface area contributed by atoms with Gasteiger partial charge in [0.2, 0.25) is 0 Å². The summed E-state index contributed by atoms with van der Waals surface area (Å²) in [5.41, 5.74) is 3.07. The summed E-state index contributed by atoms with van der Waals surface area (Å²) < 4.78 is 0. The van der Waals surface area contributed by atoms with Crippen LogP contribution < -0.4 is 11.3 Å². The van der Waals surface area contributed by atoms with Crippen molar-refractivity contribution in [1.29, 1.82) is 0 Å². The number of hydrogen-bond acceptors (Lipinski definition) is 2. The van der Waals surface area contributed by atoms with Gasteiger partial charge in [0.1, 0.15) is 0 Å². The summed E-state index contributed by atoms with van der Waals surface area (Å²) in [6.45, 7) is 4.59. The van der Waals surface area contributed by atoms with E-state index in [0.29, 0.717) is 6.04 Å². The van der Waals surface area contributed by atoms with Crippen molar-refractivity contribution in [2.24, 2.45) is 17.7 Å². The molecule has 1 saturated carbocycles. The summed E-state index contributed by atoms with van der Waals surface area (Å²) in [6.07, 6.45) is 10.8. The van der Waals surface area contributed by atoms with Crippen LogP contribution in [0.3, 0.4) is 0 Å². The Labute approximate surface area is 95.0 Å². The summed E-state index contributed by atoms with van der Waals surface area (Å²) >= 11 is 0. The van der Waals surface area contributed by atoms with Gasteiger partial charge in [-0.15, -0.1) is 0 Å². The van der Waals surface area contributed by atoms with Crippen molar-refractivity contribution < 1.29 is 0 Å². The molecule has 0 saturated heterocycles. The number of unbranched alkanes of at least 4 members (excludes halogenated alkanes) is 1. The van der Waals surface area contributed by atoms with Gasteiger partial charge in [-0.25, -0.2) is 0 Å². The highest BCUT2D eigenvalue weighted by Gasteiger charge is 2.29. The number of nitrogens with two attached hydrogens (primary N) is 1. The first-order valence-electron chi connectivity index (χ1n) is 6.79. The molecular formula is C13H28N2. The Morgan fingerprint density at radius 1 is 1.27 bits per heavy atom. The van der Waals surface area contributed by atoms with Crippen LogP contribution in [0.25, 0.3) is 0 Å². The van der Waals surface area contributed by atoms with Crippen molar-refractivity contribution in [3.8, 4) is 0 Å². The first kappa shape index (κ1) is 13.0. The van der Waals surface area contributed by atoms with E-state index < -0.39 is 0 Å². The molecule has 0 heterocycles. The lowest BCUT2D eigenvalue weighted by Gasteiger charge is -2.36. The number of nitrogens with one attached hydrogen (secondary N) is 1. The maximum Gasteiger partial charge on any atom is 0.0241 e. The monoisotopic (exact) mass is 212 g/mol. The molecule has 0 aromatic carbocycles. The Kier molecular flexibility index (Phi) is 6.26. The lowest BCUT2D eigenvalue weighted by molar-refractivity contribution is 0.167. The second kappa shape index (κ2) is 7.24. The van der Waals surface area contributed by atoms with Crippen LogP contribution in [0, 0.1) is 11.8 Å². The Hall–Kier alpha value is -0.0800. The summed E-state index contributed by atoms with van der Waals surface area (Å²) in [5.74, 6) is 7.46. The molecule has 0 bridgehead atoms. The van der Waals surface area contributed by atoms with Gasteiger partial charge in [-0.3, -0.25) is 11.3 Å². The van der Waals surface area contributed by atoms with Crippen LogP contribution in [0.15, 0.2) is 0 Å². The summed E-state index contributed by atoms with van der Waals surface area (Å²) in [7, 11) is 0. The molecule has 1 aliphatic carbocycles. The summed E-state index contributed by atoms with van der Waals surface area (Å²) in [5, 5.41) is 0. The number of hydrazine groups is 1. The van der Waals surface area contributed by atoms with Crippen molar-refractivity contribution in [2.75, 3.05) is 0 Å². The molecule has 0 amide bonds. The maximum atomic E-state index is 5.71. The van der Waals surface area contributed by atoms with Gasteiger partial charge in [0.05, 0.1) is 0 Å². The molecule has 3 unspecified atom stereocenters. The van der Waals surface area contributed by atoms with Gasteiger partial charge in [-0.1, -0.05) is 52.4 Å². The van der Waals surface area contributed by atoms with E-state index in [-0.39, 0.29) is 0 Å². The molecule has 1 rings (SSSR count). The largest absolute Gasteiger partial charge is 0.271 e. The first-order chi connectivity index (χ1) is 7.33. The molecule has 3 N–H and O–H groups in total. The second-order valence-corrected chi connectivity index (χ2v) is 5.03. The van der Waals surface area contributed by atoms with E-state index in [2.05, 4.69) is 19.3 Å². The first-order valence-corrected chi connectivity index (χ1v) is 6.79. The lowest BCUT2D eigenvalue weighted by Crippen LogP contribution is -2.44. The molecule has 0 aromatic rings. The van der Waals surface area contributed by atoms with E-state index in [9.17, 15) is 0 Å². The van der Waals surface area contributed by atoms with Gasteiger partial charge >= 0.3 is 0 Å². The van der Waals surface area contributed by atoms with E-state index in [1.165, 1.54) is 51.4 Å². The van der Waals surface area contributed by atoms with Gasteiger partial charge in [0, 0.05) is 6.04 Å². The Bertz CT molecular complexity index is 159. The van der Waals surface area contributed by atoms with Crippen LogP contribution in [-0.4, -0.2) is 6.04 Å². The zero-order valence-electron chi connectivity index (χ0n) is 10.5. The van der Waals surface area contributed by atoms with E-state index >= 15 is 0 Å². The van der Waals surface area contributed by atoms with Crippen molar-refractivity contribution >= 4 is 0 Å². The minimum absolute atomic E-state index is 0.565. The third kappa shape index (κ3) is 3.76. The molecule has 3 atom stereocenters. The topological polar surface area (TPSA) is 38.0 Å². The minimum Gasteiger partial charge on any atom is -0.271 e. The zero-order chi connectivity index (χ0) is 11.1. The highest BCUT2D eigenvalue weighted by atomic mass is 15.2. The molecule has 0 aromatic heterocycles. The van der Waals surface area contributed by atoms with E-state index in [0.717, 1.165) is 11.8 Å². The molecule has 2 nitrogen and oxygen atoms in total. The molecule has 0 aliphatic heterocycles. The van der Waals surface area contributed by atoms with E-state index in [1.807, 2.05) is 0 Å². The van der Waals surface area contributed by atoms with E-state index in [4.69, 9.17) is 5.84 Å². The Morgan fingerprint density at radius 2 is 2.00 bits per heavy atom. The van der Waals surface area contributed by atoms with Crippen LogP contribution in [0.2, 0.25) is 0 Å². The highest BCUT2D eigenvalue weighted by molar-refractivity contribution is 4.83. The zero-order valence-corrected chi connectivity index (χ0v) is 10.5. The molecular weight excluding hydrogens is 184 g/mol. The van der Waals surface area contributed by atoms with Gasteiger partial charge in [0.15, 0.2) is 0 Å². The smallest absolute Gasteiger partial charge is 0.0241 e. The molecule has 0 radical (unpaired) electrons. The SMILES string of the molecule is CCCCC(NN)C1CCCCC1CC. The van der Waals surface area contributed by atoms with Crippen LogP contribution >= 0.6 is 0 Å². The van der Waals surface area contributed by atoms with Crippen LogP contribution in [0.4, 0.5) is 0 Å². The Balaban J connectivity index is 2.47. The highest BCUT2D eigenvalue weighted by Crippen LogP contribution is 2.35. The van der Waals surface area contributed by atoms with Gasteiger partial charge in [-0.05, 0) is 24.7 Å². The fourth-order valence-electron chi connectivity index (χ4n) is 3.12. The molecule has 0 spiro atoms. The van der Waals surface area contributed by atoms with Crippen LogP contribution in [0.5, 0.6) is 0 Å². The minimum atomic E-state index is 0.565. The normalized spacial score (nSPS) is 29.0. The molecule has 15 heavy (non-hydrogen) atoms. The Morgan fingerprint density at radius 3 is 2.60 bits per heavy atom. The lowest BCUT2D eigenvalue weighted by atomic mass is 9.73. The fraction of sp³-hybridized carbons (Fsp3) is 1.00. The van der Waals surface area contributed by atoms with Crippen molar-refractivity contribution in [3.63, 3.8) is 0 Å². The summed E-state index contributed by atoms with van der Waals surface area (Å²) in [4.78, 5) is 0. The average Bonchev–Trinajstić information content (AvgIpc) is 2.30. The number of rotatable bonds is 6. The maximum absolute atomic E-state index is 5.71. The predicted molar refractivity (Wildman–Crippen MR) is 66.4 cm³/mol. The summed E-state index contributed by atoms with van der Waals surface area (Å²) in [6, 6.07) is 0.565. The van der Waals surface area contributed by atoms with Gasteiger partial charge in [-0.2, -0.15) is 0 Å². The standard InChI is InChI=1S/C13H28N2/c1-3-5-10-13(15-14)12-9-7-6-8-11(12)4-2/h11-13,15H,3-10,14H2,1-2H3. The van der Waals surface area contributed by atoms with Crippen molar-refractivity contribution in [1.82, 2.24) is 5.43 Å². The number of hydrogen-bond donors (Lipinski definition) is 2. The second-order valence-electron chi connectivity index (χ2n) is 5.03. The van der Waals surface area contributed by atoms with Crippen molar-refractivity contribution in [2.45, 2.75) is 71.3 Å². The predicted octanol–water partition coefficient (Wildman–Crippen LogP) is 3.22. The third-order valence-corrected chi connectivity index (χ3v) is 4.09. The molecule has 2 heteroatoms. The molecule has 1 fully saturated rings. The molecule has 1 aliphatic rings. The van der Waals surface area contributed by atoms with Gasteiger partial charge in [0.25, 0.3) is 0 Å².